The number of hydrogen-bond donors (Lipinski definition) is 2. The molecule has 1 atom stereocenters. The monoisotopic (exact) mass is 254 g/mol. The topological polar surface area (TPSA) is 47.3 Å². The summed E-state index contributed by atoms with van der Waals surface area (Å²) in [5.41, 5.74) is 6.82. The average Bonchev–Trinajstić information content (AvgIpc) is 2.70. The van der Waals surface area contributed by atoms with E-state index in [1.165, 1.54) is 9.75 Å². The SMILES string of the molecule is C=C(C)COCCNC(CN)c1ccc(C)s1. The highest BCUT2D eigenvalue weighted by Crippen LogP contribution is 2.21. The van der Waals surface area contributed by atoms with Crippen molar-refractivity contribution in [2.24, 2.45) is 5.73 Å². The van der Waals surface area contributed by atoms with Gasteiger partial charge in [0.15, 0.2) is 0 Å². The van der Waals surface area contributed by atoms with Gasteiger partial charge in [0, 0.05) is 22.8 Å². The first kappa shape index (κ1) is 14.4. The van der Waals surface area contributed by atoms with Crippen molar-refractivity contribution in [2.45, 2.75) is 19.9 Å². The van der Waals surface area contributed by atoms with Gasteiger partial charge < -0.3 is 15.8 Å². The highest BCUT2D eigenvalue weighted by molar-refractivity contribution is 7.12. The molecule has 0 bridgehead atoms. The molecule has 0 aliphatic carbocycles. The van der Waals surface area contributed by atoms with Crippen molar-refractivity contribution in [3.63, 3.8) is 0 Å². The summed E-state index contributed by atoms with van der Waals surface area (Å²) in [5.74, 6) is 0. The van der Waals surface area contributed by atoms with Gasteiger partial charge in [-0.15, -0.1) is 11.3 Å². The Balaban J connectivity index is 2.26. The summed E-state index contributed by atoms with van der Waals surface area (Å²) >= 11 is 1.79. The predicted molar refractivity (Wildman–Crippen MR) is 74.5 cm³/mol. The molecule has 0 spiro atoms. The maximum absolute atomic E-state index is 5.77. The number of ether oxygens (including phenoxy) is 1. The molecule has 0 aliphatic heterocycles. The van der Waals surface area contributed by atoms with Gasteiger partial charge in [-0.1, -0.05) is 12.2 Å². The van der Waals surface area contributed by atoms with Gasteiger partial charge in [-0.05, 0) is 26.0 Å². The molecule has 1 aromatic heterocycles. The molecule has 0 radical (unpaired) electrons. The Hall–Kier alpha value is -0.680. The molecule has 4 heteroatoms. The third-order valence-electron chi connectivity index (χ3n) is 2.33. The van der Waals surface area contributed by atoms with Crippen LogP contribution in [-0.4, -0.2) is 26.3 Å². The Bertz CT molecular complexity index is 349. The minimum Gasteiger partial charge on any atom is -0.376 e. The zero-order chi connectivity index (χ0) is 12.7. The van der Waals surface area contributed by atoms with Crippen LogP contribution in [0, 0.1) is 6.92 Å². The van der Waals surface area contributed by atoms with E-state index >= 15 is 0 Å². The van der Waals surface area contributed by atoms with Crippen molar-refractivity contribution in [3.8, 4) is 0 Å². The first-order valence-corrected chi connectivity index (χ1v) is 6.67. The van der Waals surface area contributed by atoms with Gasteiger partial charge in [0.05, 0.1) is 19.3 Å². The summed E-state index contributed by atoms with van der Waals surface area (Å²) in [5, 5.41) is 3.40. The molecule has 0 amide bonds. The molecule has 17 heavy (non-hydrogen) atoms. The number of nitrogens with one attached hydrogen (secondary N) is 1. The van der Waals surface area contributed by atoms with Crippen LogP contribution in [0.15, 0.2) is 24.3 Å². The maximum atomic E-state index is 5.77. The number of nitrogens with two attached hydrogens (primary N) is 1. The van der Waals surface area contributed by atoms with Crippen molar-refractivity contribution >= 4 is 11.3 Å². The van der Waals surface area contributed by atoms with Crippen LogP contribution in [0.3, 0.4) is 0 Å². The van der Waals surface area contributed by atoms with Gasteiger partial charge >= 0.3 is 0 Å². The second kappa shape index (κ2) is 7.61. The summed E-state index contributed by atoms with van der Waals surface area (Å²) in [6.45, 7) is 10.6. The van der Waals surface area contributed by atoms with Crippen LogP contribution in [0.1, 0.15) is 22.7 Å². The minimum absolute atomic E-state index is 0.238. The van der Waals surface area contributed by atoms with Crippen LogP contribution in [0.2, 0.25) is 0 Å². The van der Waals surface area contributed by atoms with Gasteiger partial charge in [-0.2, -0.15) is 0 Å². The van der Waals surface area contributed by atoms with Crippen molar-refractivity contribution < 1.29 is 4.74 Å². The lowest BCUT2D eigenvalue weighted by atomic mass is 10.2. The Morgan fingerprint density at radius 2 is 2.35 bits per heavy atom. The van der Waals surface area contributed by atoms with Gasteiger partial charge in [0.2, 0.25) is 0 Å². The number of rotatable bonds is 8. The lowest BCUT2D eigenvalue weighted by Gasteiger charge is -2.15. The standard InChI is InChI=1S/C13H22N2OS/c1-10(2)9-16-7-6-15-12(8-14)13-5-4-11(3)17-13/h4-5,12,15H,1,6-9,14H2,2-3H3. The van der Waals surface area contributed by atoms with Gasteiger partial charge in [0.1, 0.15) is 0 Å². The van der Waals surface area contributed by atoms with E-state index in [0.29, 0.717) is 19.8 Å². The van der Waals surface area contributed by atoms with Crippen LogP contribution in [0.4, 0.5) is 0 Å². The number of aryl methyl sites for hydroxylation is 1. The first-order chi connectivity index (χ1) is 8.13. The number of hydrogen-bond acceptors (Lipinski definition) is 4. The molecule has 3 N–H and O–H groups in total. The first-order valence-electron chi connectivity index (χ1n) is 5.85. The molecule has 1 heterocycles. The molecule has 0 saturated carbocycles. The normalized spacial score (nSPS) is 12.6. The van der Waals surface area contributed by atoms with Crippen LogP contribution >= 0.6 is 11.3 Å². The number of thiophene rings is 1. The Morgan fingerprint density at radius 1 is 1.59 bits per heavy atom. The lowest BCUT2D eigenvalue weighted by Crippen LogP contribution is -2.30. The maximum Gasteiger partial charge on any atom is 0.0672 e. The third-order valence-corrected chi connectivity index (χ3v) is 3.44. The van der Waals surface area contributed by atoms with Gasteiger partial charge in [-0.25, -0.2) is 0 Å². The highest BCUT2D eigenvalue weighted by Gasteiger charge is 2.10. The molecule has 1 rings (SSSR count). The molecule has 0 aliphatic rings. The predicted octanol–water partition coefficient (Wildman–Crippen LogP) is 2.24. The van der Waals surface area contributed by atoms with E-state index in [9.17, 15) is 0 Å². The van der Waals surface area contributed by atoms with E-state index in [1.54, 1.807) is 11.3 Å². The van der Waals surface area contributed by atoms with Crippen LogP contribution in [0.5, 0.6) is 0 Å². The zero-order valence-electron chi connectivity index (χ0n) is 10.7. The van der Waals surface area contributed by atoms with Gasteiger partial charge in [-0.3, -0.25) is 0 Å². The largest absolute Gasteiger partial charge is 0.376 e. The fraction of sp³-hybridized carbons (Fsp3) is 0.538. The zero-order valence-corrected chi connectivity index (χ0v) is 11.5. The molecule has 96 valence electrons. The van der Waals surface area contributed by atoms with Crippen molar-refractivity contribution in [3.05, 3.63) is 34.0 Å². The summed E-state index contributed by atoms with van der Waals surface area (Å²) < 4.78 is 5.43. The van der Waals surface area contributed by atoms with Crippen molar-refractivity contribution in [1.29, 1.82) is 0 Å². The Kier molecular flexibility index (Phi) is 6.44. The van der Waals surface area contributed by atoms with Crippen LogP contribution in [-0.2, 0) is 4.74 Å². The molecule has 1 aromatic rings. The van der Waals surface area contributed by atoms with Gasteiger partial charge in [0.25, 0.3) is 0 Å². The second-order valence-corrected chi connectivity index (χ2v) is 5.52. The quantitative estimate of drug-likeness (QED) is 0.552. The minimum atomic E-state index is 0.238. The lowest BCUT2D eigenvalue weighted by molar-refractivity contribution is 0.155. The van der Waals surface area contributed by atoms with Crippen LogP contribution < -0.4 is 11.1 Å². The highest BCUT2D eigenvalue weighted by atomic mass is 32.1. The molecule has 3 nitrogen and oxygen atoms in total. The van der Waals surface area contributed by atoms with E-state index in [0.717, 1.165) is 12.1 Å². The van der Waals surface area contributed by atoms with Crippen molar-refractivity contribution in [2.75, 3.05) is 26.3 Å². The van der Waals surface area contributed by atoms with E-state index in [2.05, 4.69) is 31.0 Å². The van der Waals surface area contributed by atoms with E-state index < -0.39 is 0 Å². The summed E-state index contributed by atoms with van der Waals surface area (Å²) in [6, 6.07) is 4.50. The summed E-state index contributed by atoms with van der Waals surface area (Å²) in [7, 11) is 0. The Labute approximate surface area is 108 Å². The third kappa shape index (κ3) is 5.46. The van der Waals surface area contributed by atoms with Crippen molar-refractivity contribution in [1.82, 2.24) is 5.32 Å². The second-order valence-electron chi connectivity index (χ2n) is 4.20. The summed E-state index contributed by atoms with van der Waals surface area (Å²) in [4.78, 5) is 2.61. The molecule has 0 aromatic carbocycles. The van der Waals surface area contributed by atoms with E-state index in [-0.39, 0.29) is 6.04 Å². The smallest absolute Gasteiger partial charge is 0.0672 e. The molecular weight excluding hydrogens is 232 g/mol. The van der Waals surface area contributed by atoms with E-state index in [1.807, 2.05) is 6.92 Å². The molecular formula is C13H22N2OS. The fourth-order valence-corrected chi connectivity index (χ4v) is 2.46. The Morgan fingerprint density at radius 3 is 2.88 bits per heavy atom. The van der Waals surface area contributed by atoms with Crippen LogP contribution in [0.25, 0.3) is 0 Å². The molecule has 0 fully saturated rings. The fourth-order valence-electron chi connectivity index (χ4n) is 1.49. The molecule has 1 unspecified atom stereocenters. The molecule has 0 saturated heterocycles. The van der Waals surface area contributed by atoms with E-state index in [4.69, 9.17) is 10.5 Å². The average molecular weight is 254 g/mol. The summed E-state index contributed by atoms with van der Waals surface area (Å²) in [6.07, 6.45) is 0.